The average Bonchev–Trinajstić information content (AvgIpc) is 3.15. The summed E-state index contributed by atoms with van der Waals surface area (Å²) >= 11 is 0. The molecule has 30 heavy (non-hydrogen) atoms. The largest absolute Gasteiger partial charge is 0.493 e. The van der Waals surface area contributed by atoms with Crippen molar-refractivity contribution in [2.75, 3.05) is 33.9 Å². The molecule has 1 atom stereocenters. The molecule has 0 unspecified atom stereocenters. The lowest BCUT2D eigenvalue weighted by atomic mass is 9.98. The molecule has 0 bridgehead atoms. The van der Waals surface area contributed by atoms with Gasteiger partial charge in [-0.15, -0.1) is 0 Å². The molecular formula is C24H29N3O3. The lowest BCUT2D eigenvalue weighted by Crippen LogP contribution is -2.42. The van der Waals surface area contributed by atoms with E-state index in [1.165, 1.54) is 22.2 Å². The minimum atomic E-state index is 0.0573. The van der Waals surface area contributed by atoms with Crippen LogP contribution in [0.1, 0.15) is 29.8 Å². The summed E-state index contributed by atoms with van der Waals surface area (Å²) in [6.45, 7) is 4.06. The van der Waals surface area contributed by atoms with Crippen molar-refractivity contribution in [3.8, 4) is 11.5 Å². The summed E-state index contributed by atoms with van der Waals surface area (Å²) in [5.74, 6) is 1.47. The van der Waals surface area contributed by atoms with Crippen LogP contribution in [-0.2, 0) is 17.6 Å². The number of ether oxygens (including phenoxy) is 2. The molecule has 4 rings (SSSR count). The van der Waals surface area contributed by atoms with Crippen molar-refractivity contribution in [1.82, 2.24) is 15.2 Å². The Morgan fingerprint density at radius 1 is 1.17 bits per heavy atom. The molecule has 0 spiro atoms. The third kappa shape index (κ3) is 4.00. The van der Waals surface area contributed by atoms with Crippen molar-refractivity contribution in [3.63, 3.8) is 0 Å². The summed E-state index contributed by atoms with van der Waals surface area (Å²) in [6.07, 6.45) is 1.70. The second-order valence-electron chi connectivity index (χ2n) is 7.75. The van der Waals surface area contributed by atoms with Crippen molar-refractivity contribution >= 4 is 16.8 Å². The first kappa shape index (κ1) is 20.3. The maximum Gasteiger partial charge on any atom is 0.234 e. The first-order valence-electron chi connectivity index (χ1n) is 10.4. The number of amides is 1. The monoisotopic (exact) mass is 407 g/mol. The topological polar surface area (TPSA) is 66.6 Å². The number of carbonyl (C=O) groups is 1. The highest BCUT2D eigenvalue weighted by atomic mass is 16.5. The van der Waals surface area contributed by atoms with Crippen molar-refractivity contribution < 1.29 is 14.3 Å². The Kier molecular flexibility index (Phi) is 5.95. The molecule has 0 saturated heterocycles. The maximum atomic E-state index is 12.5. The Labute approximate surface area is 177 Å². The molecule has 3 aromatic rings. The molecule has 1 aliphatic heterocycles. The number of para-hydroxylation sites is 1. The molecule has 1 aromatic heterocycles. The fourth-order valence-electron chi connectivity index (χ4n) is 4.32. The van der Waals surface area contributed by atoms with Gasteiger partial charge in [-0.25, -0.2) is 0 Å². The van der Waals surface area contributed by atoms with E-state index in [-0.39, 0.29) is 11.9 Å². The first-order chi connectivity index (χ1) is 14.6. The van der Waals surface area contributed by atoms with Crippen LogP contribution in [0.15, 0.2) is 42.5 Å². The summed E-state index contributed by atoms with van der Waals surface area (Å²) in [5.41, 5.74) is 4.90. The zero-order valence-corrected chi connectivity index (χ0v) is 17.8. The molecule has 2 aromatic carbocycles. The second kappa shape index (κ2) is 8.79. The number of nitrogens with zero attached hydrogens (tertiary/aromatic N) is 1. The van der Waals surface area contributed by atoms with Crippen LogP contribution in [0.2, 0.25) is 0 Å². The van der Waals surface area contributed by atoms with E-state index < -0.39 is 0 Å². The molecule has 0 fully saturated rings. The van der Waals surface area contributed by atoms with E-state index in [2.05, 4.69) is 46.4 Å². The van der Waals surface area contributed by atoms with Gasteiger partial charge >= 0.3 is 0 Å². The van der Waals surface area contributed by atoms with Gasteiger partial charge in [0.05, 0.1) is 20.8 Å². The fourth-order valence-corrected chi connectivity index (χ4v) is 4.32. The Balaban J connectivity index is 1.32. The number of aromatic amines is 1. The average molecular weight is 408 g/mol. The molecule has 1 aliphatic rings. The summed E-state index contributed by atoms with van der Waals surface area (Å²) in [7, 11) is 3.25. The third-order valence-corrected chi connectivity index (χ3v) is 5.99. The van der Waals surface area contributed by atoms with Crippen LogP contribution in [0.5, 0.6) is 11.5 Å². The molecule has 1 amide bonds. The highest BCUT2D eigenvalue weighted by Crippen LogP contribution is 2.33. The normalized spacial score (nSPS) is 16.3. The van der Waals surface area contributed by atoms with Gasteiger partial charge in [-0.1, -0.05) is 24.3 Å². The van der Waals surface area contributed by atoms with E-state index in [0.29, 0.717) is 24.6 Å². The van der Waals surface area contributed by atoms with Crippen LogP contribution < -0.4 is 14.8 Å². The summed E-state index contributed by atoms with van der Waals surface area (Å²) in [4.78, 5) is 18.3. The van der Waals surface area contributed by atoms with Crippen LogP contribution >= 0.6 is 0 Å². The quantitative estimate of drug-likeness (QED) is 0.629. The van der Waals surface area contributed by atoms with Gasteiger partial charge in [-0.2, -0.15) is 0 Å². The predicted octanol–water partition coefficient (Wildman–Crippen LogP) is 3.46. The Morgan fingerprint density at radius 3 is 2.77 bits per heavy atom. The van der Waals surface area contributed by atoms with Crippen LogP contribution in [-0.4, -0.2) is 49.6 Å². The minimum absolute atomic E-state index is 0.0573. The summed E-state index contributed by atoms with van der Waals surface area (Å²) in [5, 5.41) is 4.36. The first-order valence-corrected chi connectivity index (χ1v) is 10.4. The van der Waals surface area contributed by atoms with Gasteiger partial charge < -0.3 is 19.8 Å². The van der Waals surface area contributed by atoms with E-state index in [1.807, 2.05) is 18.2 Å². The Bertz CT molecular complexity index is 1040. The number of carbonyl (C=O) groups excluding carboxylic acids is 1. The van der Waals surface area contributed by atoms with E-state index in [4.69, 9.17) is 9.47 Å². The molecular weight excluding hydrogens is 378 g/mol. The van der Waals surface area contributed by atoms with E-state index in [1.54, 1.807) is 14.2 Å². The van der Waals surface area contributed by atoms with Gasteiger partial charge in [0.25, 0.3) is 0 Å². The second-order valence-corrected chi connectivity index (χ2v) is 7.75. The predicted molar refractivity (Wildman–Crippen MR) is 118 cm³/mol. The third-order valence-electron chi connectivity index (χ3n) is 5.99. The lowest BCUT2D eigenvalue weighted by molar-refractivity contribution is -0.122. The van der Waals surface area contributed by atoms with Gasteiger partial charge in [0, 0.05) is 35.7 Å². The molecule has 0 aliphatic carbocycles. The molecule has 0 radical (unpaired) electrons. The number of hydrogen-bond acceptors (Lipinski definition) is 4. The molecule has 158 valence electrons. The van der Waals surface area contributed by atoms with Crippen LogP contribution in [0.25, 0.3) is 10.9 Å². The standard InChI is InChI=1S/C24H29N3O3/c1-16-24-19(18-6-4-5-7-20(18)26-24)11-13-27(16)15-23(28)25-12-10-17-8-9-21(29-2)22(14-17)30-3/h4-9,14,16,26H,10-13,15H2,1-3H3,(H,25,28)/t16-/m1/s1. The molecule has 2 N–H and O–H groups in total. The zero-order valence-electron chi connectivity index (χ0n) is 17.8. The highest BCUT2D eigenvalue weighted by molar-refractivity contribution is 5.85. The van der Waals surface area contributed by atoms with E-state index in [0.717, 1.165) is 24.9 Å². The van der Waals surface area contributed by atoms with Gasteiger partial charge in [0.15, 0.2) is 11.5 Å². The number of rotatable bonds is 7. The number of fused-ring (bicyclic) bond motifs is 3. The van der Waals surface area contributed by atoms with E-state index in [9.17, 15) is 4.79 Å². The molecule has 2 heterocycles. The molecule has 0 saturated carbocycles. The lowest BCUT2D eigenvalue weighted by Gasteiger charge is -2.32. The summed E-state index contributed by atoms with van der Waals surface area (Å²) in [6, 6.07) is 14.5. The minimum Gasteiger partial charge on any atom is -0.493 e. The van der Waals surface area contributed by atoms with Gasteiger partial charge in [0.2, 0.25) is 5.91 Å². The van der Waals surface area contributed by atoms with E-state index >= 15 is 0 Å². The van der Waals surface area contributed by atoms with Crippen molar-refractivity contribution in [2.24, 2.45) is 0 Å². The van der Waals surface area contributed by atoms with Crippen molar-refractivity contribution in [2.45, 2.75) is 25.8 Å². The van der Waals surface area contributed by atoms with Gasteiger partial charge in [0.1, 0.15) is 0 Å². The number of aromatic nitrogens is 1. The SMILES string of the molecule is COc1ccc(CCNC(=O)CN2CCc3c([nH]c4ccccc34)[C@H]2C)cc1OC. The number of nitrogens with one attached hydrogen (secondary N) is 2. The number of hydrogen-bond donors (Lipinski definition) is 2. The van der Waals surface area contributed by atoms with Crippen LogP contribution in [0, 0.1) is 0 Å². The van der Waals surface area contributed by atoms with Gasteiger partial charge in [-0.3, -0.25) is 9.69 Å². The zero-order chi connectivity index (χ0) is 21.1. The number of methoxy groups -OCH3 is 2. The number of H-pyrrole nitrogens is 1. The number of benzene rings is 2. The maximum absolute atomic E-state index is 12.5. The Morgan fingerprint density at radius 2 is 1.97 bits per heavy atom. The Hall–Kier alpha value is -2.99. The fraction of sp³-hybridized carbons (Fsp3) is 0.375. The highest BCUT2D eigenvalue weighted by Gasteiger charge is 2.28. The molecule has 6 heteroatoms. The van der Waals surface area contributed by atoms with Gasteiger partial charge in [-0.05, 0) is 49.1 Å². The van der Waals surface area contributed by atoms with Crippen molar-refractivity contribution in [1.29, 1.82) is 0 Å². The van der Waals surface area contributed by atoms with Crippen molar-refractivity contribution in [3.05, 3.63) is 59.3 Å². The smallest absolute Gasteiger partial charge is 0.234 e. The van der Waals surface area contributed by atoms with Crippen LogP contribution in [0.4, 0.5) is 0 Å². The van der Waals surface area contributed by atoms with Crippen LogP contribution in [0.3, 0.4) is 0 Å². The molecule has 6 nitrogen and oxygen atoms in total. The summed E-state index contributed by atoms with van der Waals surface area (Å²) < 4.78 is 10.6.